The summed E-state index contributed by atoms with van der Waals surface area (Å²) in [4.78, 5) is 9.31. The summed E-state index contributed by atoms with van der Waals surface area (Å²) in [6, 6.07) is 2.28. The quantitative estimate of drug-likeness (QED) is 0.528. The molecule has 0 amide bonds. The van der Waals surface area contributed by atoms with Crippen LogP contribution in [0.25, 0.3) is 28.4 Å². The van der Waals surface area contributed by atoms with Gasteiger partial charge in [-0.25, -0.2) is 14.5 Å². The first-order valence-corrected chi connectivity index (χ1v) is 10.3. The molecular formula is C21H26N8O. The number of nitrogens with zero attached hydrogens (tertiary/aromatic N) is 7. The molecule has 0 saturated heterocycles. The molecular weight excluding hydrogens is 380 g/mol. The zero-order valence-electron chi connectivity index (χ0n) is 17.4. The van der Waals surface area contributed by atoms with Crippen LogP contribution in [0.4, 0.5) is 5.82 Å². The highest BCUT2D eigenvalue weighted by molar-refractivity contribution is 5.82. The molecule has 0 aromatic carbocycles. The summed E-state index contributed by atoms with van der Waals surface area (Å²) in [6.07, 6.45) is 10.6. The van der Waals surface area contributed by atoms with Gasteiger partial charge in [0.25, 0.3) is 0 Å². The van der Waals surface area contributed by atoms with E-state index in [0.717, 1.165) is 47.4 Å². The molecule has 0 aliphatic heterocycles. The topological polar surface area (TPSA) is 98.1 Å². The fourth-order valence-electron chi connectivity index (χ4n) is 4.39. The van der Waals surface area contributed by atoms with Gasteiger partial charge in [-0.15, -0.1) is 5.10 Å². The van der Waals surface area contributed by atoms with Gasteiger partial charge in [-0.1, -0.05) is 0 Å². The fourth-order valence-corrected chi connectivity index (χ4v) is 4.39. The Labute approximate surface area is 174 Å². The molecule has 1 saturated carbocycles. The van der Waals surface area contributed by atoms with Gasteiger partial charge in [0.05, 0.1) is 5.69 Å². The van der Waals surface area contributed by atoms with Crippen molar-refractivity contribution in [3.05, 3.63) is 36.4 Å². The number of imidazole rings is 1. The van der Waals surface area contributed by atoms with Gasteiger partial charge in [0, 0.05) is 57.1 Å². The first-order valence-electron chi connectivity index (χ1n) is 10.3. The van der Waals surface area contributed by atoms with Crippen LogP contribution in [0.1, 0.15) is 24.8 Å². The molecule has 5 rings (SSSR count). The molecule has 4 aromatic heterocycles. The van der Waals surface area contributed by atoms with Crippen LogP contribution in [0.2, 0.25) is 0 Å². The van der Waals surface area contributed by atoms with E-state index in [1.165, 1.54) is 0 Å². The molecule has 1 fully saturated rings. The van der Waals surface area contributed by atoms with Gasteiger partial charge in [0.1, 0.15) is 5.52 Å². The number of nitrogens with one attached hydrogen (secondary N) is 1. The summed E-state index contributed by atoms with van der Waals surface area (Å²) in [7, 11) is 3.85. The van der Waals surface area contributed by atoms with Crippen LogP contribution in [-0.4, -0.2) is 51.7 Å². The van der Waals surface area contributed by atoms with Gasteiger partial charge in [-0.05, 0) is 43.7 Å². The third-order valence-electron chi connectivity index (χ3n) is 6.04. The van der Waals surface area contributed by atoms with Crippen LogP contribution in [0.3, 0.4) is 0 Å². The Morgan fingerprint density at radius 3 is 2.73 bits per heavy atom. The normalized spacial score (nSPS) is 19.1. The summed E-state index contributed by atoms with van der Waals surface area (Å²) in [6.45, 7) is 2.32. The van der Waals surface area contributed by atoms with E-state index in [1.807, 2.05) is 47.8 Å². The van der Waals surface area contributed by atoms with Gasteiger partial charge >= 0.3 is 0 Å². The van der Waals surface area contributed by atoms with Crippen LogP contribution < -0.4 is 5.32 Å². The van der Waals surface area contributed by atoms with E-state index in [2.05, 4.69) is 22.3 Å². The summed E-state index contributed by atoms with van der Waals surface area (Å²) in [5.74, 6) is 2.43. The van der Waals surface area contributed by atoms with Gasteiger partial charge in [-0.2, -0.15) is 5.10 Å². The first-order chi connectivity index (χ1) is 14.5. The van der Waals surface area contributed by atoms with Crippen molar-refractivity contribution in [2.24, 2.45) is 20.0 Å². The molecule has 4 heterocycles. The number of rotatable bonds is 5. The van der Waals surface area contributed by atoms with E-state index in [4.69, 9.17) is 10.1 Å². The number of hydrogen-bond donors (Lipinski definition) is 2. The number of aliphatic hydroxyl groups is 1. The predicted octanol–water partition coefficient (Wildman–Crippen LogP) is 2.41. The highest BCUT2D eigenvalue weighted by Gasteiger charge is 2.26. The highest BCUT2D eigenvalue weighted by atomic mass is 16.3. The summed E-state index contributed by atoms with van der Waals surface area (Å²) in [5, 5.41) is 22.5. The lowest BCUT2D eigenvalue weighted by molar-refractivity contribution is 0.229. The smallest absolute Gasteiger partial charge is 0.218 e. The molecule has 0 radical (unpaired) electrons. The Kier molecular flexibility index (Phi) is 4.54. The number of hydrogen-bond acceptors (Lipinski definition) is 6. The molecule has 1 aliphatic carbocycles. The van der Waals surface area contributed by atoms with Gasteiger partial charge in [0.2, 0.25) is 5.82 Å². The SMILES string of the molecule is Cc1c(-c2ccn(C)n2)cn2nc(-c3nccn3C)nc(N[C@@H]3CC[C@@H](CO)C3)c12. The van der Waals surface area contributed by atoms with E-state index >= 15 is 0 Å². The molecule has 156 valence electrons. The van der Waals surface area contributed by atoms with E-state index in [0.29, 0.717) is 17.6 Å². The summed E-state index contributed by atoms with van der Waals surface area (Å²) in [5.41, 5.74) is 3.97. The molecule has 4 aromatic rings. The van der Waals surface area contributed by atoms with Crippen LogP contribution in [0, 0.1) is 12.8 Å². The standard InChI is InChI=1S/C21H26N8O/c1-13-16(17-6-8-28(3)25-17)11-29-18(13)19(23-15-5-4-14(10-15)12-30)24-20(26-29)21-22-7-9-27(21)2/h6-9,11,14-15,30H,4-5,10,12H2,1-3H3,(H,23,24,26)/t14-,15-/m1/s1. The lowest BCUT2D eigenvalue weighted by atomic mass is 10.1. The Bertz CT molecular complexity index is 1200. The second kappa shape index (κ2) is 7.24. The van der Waals surface area contributed by atoms with Crippen molar-refractivity contribution < 1.29 is 5.11 Å². The molecule has 0 bridgehead atoms. The maximum absolute atomic E-state index is 9.52. The van der Waals surface area contributed by atoms with Gasteiger partial charge in [-0.3, -0.25) is 4.68 Å². The summed E-state index contributed by atoms with van der Waals surface area (Å²) < 4.78 is 5.60. The molecule has 0 spiro atoms. The second-order valence-corrected chi connectivity index (χ2v) is 8.18. The molecule has 9 nitrogen and oxygen atoms in total. The molecule has 2 atom stereocenters. The number of aliphatic hydroxyl groups excluding tert-OH is 1. The van der Waals surface area contributed by atoms with Crippen LogP contribution in [-0.2, 0) is 14.1 Å². The lowest BCUT2D eigenvalue weighted by Crippen LogP contribution is -2.19. The zero-order valence-corrected chi connectivity index (χ0v) is 17.4. The Hall–Kier alpha value is -3.20. The predicted molar refractivity (Wildman–Crippen MR) is 114 cm³/mol. The van der Waals surface area contributed by atoms with Crippen LogP contribution in [0.15, 0.2) is 30.9 Å². The first kappa shape index (κ1) is 18.8. The van der Waals surface area contributed by atoms with E-state index < -0.39 is 0 Å². The molecule has 9 heteroatoms. The van der Waals surface area contributed by atoms with E-state index in [1.54, 1.807) is 10.9 Å². The van der Waals surface area contributed by atoms with Gasteiger partial charge < -0.3 is 15.0 Å². The van der Waals surface area contributed by atoms with Crippen molar-refractivity contribution in [3.63, 3.8) is 0 Å². The monoisotopic (exact) mass is 406 g/mol. The molecule has 2 N–H and O–H groups in total. The molecule has 30 heavy (non-hydrogen) atoms. The van der Waals surface area contributed by atoms with Crippen molar-refractivity contribution in [1.29, 1.82) is 0 Å². The van der Waals surface area contributed by atoms with Crippen molar-refractivity contribution in [3.8, 4) is 22.9 Å². The lowest BCUT2D eigenvalue weighted by Gasteiger charge is -2.16. The minimum Gasteiger partial charge on any atom is -0.396 e. The van der Waals surface area contributed by atoms with Crippen molar-refractivity contribution >= 4 is 11.3 Å². The number of fused-ring (bicyclic) bond motifs is 1. The highest BCUT2D eigenvalue weighted by Crippen LogP contribution is 2.33. The van der Waals surface area contributed by atoms with Crippen LogP contribution in [0.5, 0.6) is 0 Å². The minimum absolute atomic E-state index is 0.240. The zero-order chi connectivity index (χ0) is 20.8. The fraction of sp³-hybridized carbons (Fsp3) is 0.429. The van der Waals surface area contributed by atoms with Crippen molar-refractivity contribution in [1.82, 2.24) is 33.9 Å². The number of anilines is 1. The van der Waals surface area contributed by atoms with E-state index in [-0.39, 0.29) is 12.6 Å². The molecule has 0 unspecified atom stereocenters. The number of aryl methyl sites for hydroxylation is 3. The maximum Gasteiger partial charge on any atom is 0.218 e. The number of aromatic nitrogens is 7. The second-order valence-electron chi connectivity index (χ2n) is 8.18. The Balaban J connectivity index is 1.64. The maximum atomic E-state index is 9.52. The summed E-state index contributed by atoms with van der Waals surface area (Å²) >= 11 is 0. The molecule has 1 aliphatic rings. The van der Waals surface area contributed by atoms with E-state index in [9.17, 15) is 5.11 Å². The average molecular weight is 406 g/mol. The largest absolute Gasteiger partial charge is 0.396 e. The average Bonchev–Trinajstić information content (AvgIpc) is 3.50. The minimum atomic E-state index is 0.240. The van der Waals surface area contributed by atoms with Crippen molar-refractivity contribution in [2.45, 2.75) is 32.2 Å². The van der Waals surface area contributed by atoms with Crippen molar-refractivity contribution in [2.75, 3.05) is 11.9 Å². The third kappa shape index (κ3) is 3.15. The van der Waals surface area contributed by atoms with Gasteiger partial charge in [0.15, 0.2) is 11.6 Å². The van der Waals surface area contributed by atoms with Crippen LogP contribution >= 0.6 is 0 Å². The third-order valence-corrected chi connectivity index (χ3v) is 6.04. The Morgan fingerprint density at radius 1 is 1.20 bits per heavy atom. The Morgan fingerprint density at radius 2 is 2.07 bits per heavy atom.